The summed E-state index contributed by atoms with van der Waals surface area (Å²) in [6.45, 7) is 2.71. The lowest BCUT2D eigenvalue weighted by Crippen LogP contribution is -2.18. The summed E-state index contributed by atoms with van der Waals surface area (Å²) >= 11 is 0. The van der Waals surface area contributed by atoms with Gasteiger partial charge in [-0.3, -0.25) is 0 Å². The maximum absolute atomic E-state index is 6.17. The third kappa shape index (κ3) is 3.27. The highest BCUT2D eigenvalue weighted by atomic mass is 16.5. The highest BCUT2D eigenvalue weighted by molar-refractivity contribution is 5.69. The molecule has 1 saturated heterocycles. The van der Waals surface area contributed by atoms with Gasteiger partial charge in [-0.15, -0.1) is 0 Å². The van der Waals surface area contributed by atoms with Crippen molar-refractivity contribution >= 4 is 11.4 Å². The van der Waals surface area contributed by atoms with Crippen LogP contribution in [0.5, 0.6) is 11.5 Å². The van der Waals surface area contributed by atoms with E-state index < -0.39 is 0 Å². The Morgan fingerprint density at radius 2 is 1.68 bits per heavy atom. The number of nitrogens with two attached hydrogens (primary N) is 1. The number of hydrogen-bond donors (Lipinski definition) is 1. The summed E-state index contributed by atoms with van der Waals surface area (Å²) in [5, 5.41) is 0. The van der Waals surface area contributed by atoms with Crippen molar-refractivity contribution < 1.29 is 9.47 Å². The molecule has 0 unspecified atom stereocenters. The number of benzene rings is 2. The Kier molecular flexibility index (Phi) is 4.37. The molecule has 4 heteroatoms. The molecule has 0 spiro atoms. The molecule has 0 amide bonds. The molecule has 22 heavy (non-hydrogen) atoms. The van der Waals surface area contributed by atoms with E-state index in [1.54, 1.807) is 7.11 Å². The number of hydrogen-bond acceptors (Lipinski definition) is 4. The molecular weight excluding hydrogens is 276 g/mol. The van der Waals surface area contributed by atoms with Gasteiger partial charge in [0.2, 0.25) is 0 Å². The average Bonchev–Trinajstić information content (AvgIpc) is 3.07. The van der Waals surface area contributed by atoms with Crippen molar-refractivity contribution in [1.82, 2.24) is 0 Å². The van der Waals surface area contributed by atoms with Gasteiger partial charge in [-0.05, 0) is 42.7 Å². The second-order valence-corrected chi connectivity index (χ2v) is 5.55. The number of ether oxygens (including phenoxy) is 2. The predicted molar refractivity (Wildman–Crippen MR) is 89.6 cm³/mol. The number of anilines is 2. The van der Waals surface area contributed by atoms with Crippen molar-refractivity contribution in [3.05, 3.63) is 48.0 Å². The van der Waals surface area contributed by atoms with Gasteiger partial charge in [-0.2, -0.15) is 0 Å². The number of methoxy groups -OCH3 is 1. The van der Waals surface area contributed by atoms with Gasteiger partial charge in [0.05, 0.1) is 18.5 Å². The molecule has 1 heterocycles. The average molecular weight is 298 g/mol. The van der Waals surface area contributed by atoms with Gasteiger partial charge in [0, 0.05) is 19.2 Å². The summed E-state index contributed by atoms with van der Waals surface area (Å²) in [7, 11) is 1.66. The largest absolute Gasteiger partial charge is 0.497 e. The van der Waals surface area contributed by atoms with Crippen LogP contribution in [0.4, 0.5) is 11.4 Å². The molecule has 1 aliphatic heterocycles. The second-order valence-electron chi connectivity index (χ2n) is 5.55. The Labute approximate surface area is 131 Å². The van der Waals surface area contributed by atoms with Crippen LogP contribution >= 0.6 is 0 Å². The molecule has 1 aliphatic rings. The Balaban J connectivity index is 1.63. The van der Waals surface area contributed by atoms with Crippen LogP contribution in [0.15, 0.2) is 42.5 Å². The molecule has 0 radical (unpaired) electrons. The predicted octanol–water partition coefficient (Wildman–Crippen LogP) is 3.46. The SMILES string of the molecule is COc1ccc(COc2ccc(N3CCCC3)c(N)c2)cc1. The van der Waals surface area contributed by atoms with Crippen LogP contribution in [0, 0.1) is 0 Å². The fourth-order valence-electron chi connectivity index (χ4n) is 2.76. The highest BCUT2D eigenvalue weighted by Gasteiger charge is 2.15. The Morgan fingerprint density at radius 1 is 1.00 bits per heavy atom. The molecule has 4 nitrogen and oxygen atoms in total. The van der Waals surface area contributed by atoms with Gasteiger partial charge < -0.3 is 20.1 Å². The zero-order valence-corrected chi connectivity index (χ0v) is 12.9. The number of rotatable bonds is 5. The zero-order valence-electron chi connectivity index (χ0n) is 12.9. The van der Waals surface area contributed by atoms with Gasteiger partial charge >= 0.3 is 0 Å². The van der Waals surface area contributed by atoms with Gasteiger partial charge in [0.25, 0.3) is 0 Å². The topological polar surface area (TPSA) is 47.7 Å². The maximum atomic E-state index is 6.17. The zero-order chi connectivity index (χ0) is 15.4. The first kappa shape index (κ1) is 14.6. The quantitative estimate of drug-likeness (QED) is 0.859. The van der Waals surface area contributed by atoms with E-state index in [4.69, 9.17) is 15.2 Å². The van der Waals surface area contributed by atoms with Crippen molar-refractivity contribution in [2.45, 2.75) is 19.4 Å². The fraction of sp³-hybridized carbons (Fsp3) is 0.333. The van der Waals surface area contributed by atoms with E-state index in [1.807, 2.05) is 36.4 Å². The molecule has 1 fully saturated rings. The van der Waals surface area contributed by atoms with Crippen LogP contribution in [0.1, 0.15) is 18.4 Å². The summed E-state index contributed by atoms with van der Waals surface area (Å²) in [5.41, 5.74) is 9.18. The fourth-order valence-corrected chi connectivity index (χ4v) is 2.76. The van der Waals surface area contributed by atoms with Gasteiger partial charge in [0.15, 0.2) is 0 Å². The summed E-state index contributed by atoms with van der Waals surface area (Å²) in [6, 6.07) is 13.8. The standard InChI is InChI=1S/C18H22N2O2/c1-21-15-6-4-14(5-7-15)13-22-16-8-9-18(17(19)12-16)20-10-2-3-11-20/h4-9,12H,2-3,10-11,13,19H2,1H3. The first-order chi connectivity index (χ1) is 10.8. The summed E-state index contributed by atoms with van der Waals surface area (Å²) < 4.78 is 11.0. The summed E-state index contributed by atoms with van der Waals surface area (Å²) in [4.78, 5) is 2.34. The molecule has 0 atom stereocenters. The van der Waals surface area contributed by atoms with E-state index in [-0.39, 0.29) is 0 Å². The molecule has 0 bridgehead atoms. The van der Waals surface area contributed by atoms with Crippen molar-refractivity contribution in [1.29, 1.82) is 0 Å². The maximum Gasteiger partial charge on any atom is 0.122 e. The van der Waals surface area contributed by atoms with Crippen LogP contribution in [0.3, 0.4) is 0 Å². The molecule has 0 aromatic heterocycles. The van der Waals surface area contributed by atoms with Crippen molar-refractivity contribution in [3.8, 4) is 11.5 Å². The molecule has 2 aromatic carbocycles. The normalized spacial score (nSPS) is 14.1. The van der Waals surface area contributed by atoms with Gasteiger partial charge in [-0.25, -0.2) is 0 Å². The molecule has 2 aromatic rings. The minimum absolute atomic E-state index is 0.520. The highest BCUT2D eigenvalue weighted by Crippen LogP contribution is 2.30. The molecule has 0 saturated carbocycles. The molecular formula is C18H22N2O2. The number of nitrogen functional groups attached to an aromatic ring is 1. The first-order valence-corrected chi connectivity index (χ1v) is 7.66. The van der Waals surface area contributed by atoms with E-state index in [0.717, 1.165) is 41.5 Å². The minimum Gasteiger partial charge on any atom is -0.497 e. The second kappa shape index (κ2) is 6.60. The Bertz CT molecular complexity index is 619. The molecule has 116 valence electrons. The molecule has 3 rings (SSSR count). The monoisotopic (exact) mass is 298 g/mol. The van der Waals surface area contributed by atoms with Gasteiger partial charge in [-0.1, -0.05) is 12.1 Å². The van der Waals surface area contributed by atoms with E-state index in [1.165, 1.54) is 12.8 Å². The Hall–Kier alpha value is -2.36. The molecule has 2 N–H and O–H groups in total. The van der Waals surface area contributed by atoms with E-state index in [9.17, 15) is 0 Å². The Morgan fingerprint density at radius 3 is 2.32 bits per heavy atom. The first-order valence-electron chi connectivity index (χ1n) is 7.66. The van der Waals surface area contributed by atoms with E-state index in [2.05, 4.69) is 11.0 Å². The van der Waals surface area contributed by atoms with Crippen LogP contribution in [-0.2, 0) is 6.61 Å². The lowest BCUT2D eigenvalue weighted by molar-refractivity contribution is 0.306. The number of nitrogens with zero attached hydrogens (tertiary/aromatic N) is 1. The van der Waals surface area contributed by atoms with Crippen LogP contribution in [0.2, 0.25) is 0 Å². The van der Waals surface area contributed by atoms with Crippen LogP contribution < -0.4 is 20.1 Å². The minimum atomic E-state index is 0.520. The van der Waals surface area contributed by atoms with Gasteiger partial charge in [0.1, 0.15) is 18.1 Å². The van der Waals surface area contributed by atoms with Crippen molar-refractivity contribution in [3.63, 3.8) is 0 Å². The van der Waals surface area contributed by atoms with Crippen molar-refractivity contribution in [2.24, 2.45) is 0 Å². The van der Waals surface area contributed by atoms with Crippen LogP contribution in [-0.4, -0.2) is 20.2 Å². The van der Waals surface area contributed by atoms with E-state index >= 15 is 0 Å². The summed E-state index contributed by atoms with van der Waals surface area (Å²) in [5.74, 6) is 1.65. The third-order valence-electron chi connectivity index (χ3n) is 4.01. The lowest BCUT2D eigenvalue weighted by atomic mass is 10.2. The lowest BCUT2D eigenvalue weighted by Gasteiger charge is -2.20. The smallest absolute Gasteiger partial charge is 0.122 e. The van der Waals surface area contributed by atoms with Crippen LogP contribution in [0.25, 0.3) is 0 Å². The third-order valence-corrected chi connectivity index (χ3v) is 4.01. The van der Waals surface area contributed by atoms with Crippen molar-refractivity contribution in [2.75, 3.05) is 30.8 Å². The summed E-state index contributed by atoms with van der Waals surface area (Å²) in [6.07, 6.45) is 2.49. The molecule has 0 aliphatic carbocycles. The van der Waals surface area contributed by atoms with E-state index in [0.29, 0.717) is 6.61 Å².